The molecule has 1 N–H and O–H groups in total. The highest BCUT2D eigenvalue weighted by Gasteiger charge is 2.04. The molecule has 0 aliphatic carbocycles. The van der Waals surface area contributed by atoms with Crippen LogP contribution < -0.4 is 4.90 Å². The molecule has 0 saturated heterocycles. The Labute approximate surface area is 83.0 Å². The lowest BCUT2D eigenvalue weighted by molar-refractivity contribution is 0.996. The second kappa shape index (κ2) is 3.29. The second-order valence-electron chi connectivity index (χ2n) is 3.47. The van der Waals surface area contributed by atoms with Crippen LogP contribution >= 0.6 is 0 Å². The lowest BCUT2D eigenvalue weighted by Crippen LogP contribution is -2.10. The molecule has 0 aliphatic rings. The predicted molar refractivity (Wildman–Crippen MR) is 57.6 cm³/mol. The van der Waals surface area contributed by atoms with Gasteiger partial charge in [0, 0.05) is 20.5 Å². The van der Waals surface area contributed by atoms with Gasteiger partial charge in [-0.05, 0) is 12.1 Å². The van der Waals surface area contributed by atoms with Crippen molar-refractivity contribution < 1.29 is 0 Å². The number of nitrogens with one attached hydrogen (secondary N) is 1. The predicted octanol–water partition coefficient (Wildman–Crippen LogP) is 1.59. The van der Waals surface area contributed by atoms with Crippen LogP contribution in [0.1, 0.15) is 12.7 Å². The average molecular weight is 190 g/mol. The van der Waals surface area contributed by atoms with E-state index in [1.165, 1.54) is 0 Å². The molecule has 4 nitrogen and oxygen atoms in total. The van der Waals surface area contributed by atoms with E-state index in [9.17, 15) is 0 Å². The Kier molecular flexibility index (Phi) is 2.11. The van der Waals surface area contributed by atoms with Gasteiger partial charge in [0.1, 0.15) is 11.6 Å². The number of hydrogen-bond donors (Lipinski definition) is 1. The van der Waals surface area contributed by atoms with Gasteiger partial charge in [0.15, 0.2) is 5.65 Å². The van der Waals surface area contributed by atoms with E-state index in [0.717, 1.165) is 29.2 Å². The number of hydrogen-bond acceptors (Lipinski definition) is 3. The lowest BCUT2D eigenvalue weighted by Gasteiger charge is -2.09. The van der Waals surface area contributed by atoms with Gasteiger partial charge >= 0.3 is 0 Å². The van der Waals surface area contributed by atoms with Crippen LogP contribution in [-0.2, 0) is 6.42 Å². The molecule has 0 unspecified atom stereocenters. The number of anilines is 1. The van der Waals surface area contributed by atoms with Crippen molar-refractivity contribution in [2.75, 3.05) is 19.0 Å². The summed E-state index contributed by atoms with van der Waals surface area (Å²) in [6.07, 6.45) is 0.910. The molecule has 2 rings (SSSR count). The highest BCUT2D eigenvalue weighted by Crippen LogP contribution is 2.14. The number of aromatic nitrogens is 3. The van der Waals surface area contributed by atoms with E-state index in [0.29, 0.717) is 0 Å². The zero-order valence-electron chi connectivity index (χ0n) is 8.70. The van der Waals surface area contributed by atoms with E-state index >= 15 is 0 Å². The van der Waals surface area contributed by atoms with Crippen molar-refractivity contribution in [3.63, 3.8) is 0 Å². The summed E-state index contributed by atoms with van der Waals surface area (Å²) in [6.45, 7) is 2.07. The summed E-state index contributed by atoms with van der Waals surface area (Å²) in [5, 5.41) is 0. The topological polar surface area (TPSA) is 44.8 Å². The van der Waals surface area contributed by atoms with Crippen molar-refractivity contribution in [1.29, 1.82) is 0 Å². The Balaban J connectivity index is 2.54. The van der Waals surface area contributed by atoms with E-state index in [-0.39, 0.29) is 0 Å². The van der Waals surface area contributed by atoms with Crippen LogP contribution in [0.5, 0.6) is 0 Å². The molecule has 0 radical (unpaired) electrons. The molecule has 0 saturated carbocycles. The molecule has 0 bridgehead atoms. The molecule has 2 heterocycles. The van der Waals surface area contributed by atoms with Crippen molar-refractivity contribution >= 4 is 17.0 Å². The largest absolute Gasteiger partial charge is 0.363 e. The summed E-state index contributed by atoms with van der Waals surface area (Å²) in [4.78, 5) is 14.0. The van der Waals surface area contributed by atoms with Gasteiger partial charge in [-0.3, -0.25) is 0 Å². The van der Waals surface area contributed by atoms with Gasteiger partial charge in [-0.15, -0.1) is 0 Å². The Hall–Kier alpha value is -1.58. The van der Waals surface area contributed by atoms with Gasteiger partial charge in [0.25, 0.3) is 0 Å². The fourth-order valence-corrected chi connectivity index (χ4v) is 1.35. The van der Waals surface area contributed by atoms with Gasteiger partial charge < -0.3 is 9.88 Å². The zero-order chi connectivity index (χ0) is 10.1. The van der Waals surface area contributed by atoms with E-state index in [2.05, 4.69) is 21.9 Å². The highest BCUT2D eigenvalue weighted by atomic mass is 15.1. The van der Waals surface area contributed by atoms with Crippen LogP contribution in [0.2, 0.25) is 0 Å². The van der Waals surface area contributed by atoms with Crippen LogP contribution in [0, 0.1) is 0 Å². The summed E-state index contributed by atoms with van der Waals surface area (Å²) >= 11 is 0. The molecule has 2 aromatic rings. The van der Waals surface area contributed by atoms with E-state index in [1.54, 1.807) is 0 Å². The first kappa shape index (κ1) is 8.99. The summed E-state index contributed by atoms with van der Waals surface area (Å²) in [5.41, 5.74) is 1.81. The zero-order valence-corrected chi connectivity index (χ0v) is 8.70. The quantitative estimate of drug-likeness (QED) is 0.782. The van der Waals surface area contributed by atoms with Crippen molar-refractivity contribution in [2.45, 2.75) is 13.3 Å². The number of nitrogens with zero attached hydrogens (tertiary/aromatic N) is 3. The highest BCUT2D eigenvalue weighted by molar-refractivity contribution is 5.73. The van der Waals surface area contributed by atoms with Gasteiger partial charge in [-0.2, -0.15) is 0 Å². The van der Waals surface area contributed by atoms with Crippen molar-refractivity contribution in [3.8, 4) is 0 Å². The minimum absolute atomic E-state index is 0.799. The van der Waals surface area contributed by atoms with Crippen LogP contribution in [0.4, 0.5) is 5.82 Å². The molecule has 0 amide bonds. The van der Waals surface area contributed by atoms with Crippen LogP contribution in [-0.4, -0.2) is 29.0 Å². The van der Waals surface area contributed by atoms with Gasteiger partial charge in [0.05, 0.1) is 5.52 Å². The minimum atomic E-state index is 0.799. The maximum atomic E-state index is 4.43. The van der Waals surface area contributed by atoms with Gasteiger partial charge in [-0.1, -0.05) is 6.92 Å². The third kappa shape index (κ3) is 1.43. The summed E-state index contributed by atoms with van der Waals surface area (Å²) in [6, 6.07) is 4.00. The minimum Gasteiger partial charge on any atom is -0.363 e. The van der Waals surface area contributed by atoms with Crippen molar-refractivity contribution in [3.05, 3.63) is 18.0 Å². The molecule has 4 heteroatoms. The molecule has 74 valence electrons. The Morgan fingerprint density at radius 2 is 2.07 bits per heavy atom. The number of aromatic amines is 1. The van der Waals surface area contributed by atoms with Crippen molar-refractivity contribution in [2.24, 2.45) is 0 Å². The van der Waals surface area contributed by atoms with Crippen molar-refractivity contribution in [1.82, 2.24) is 15.0 Å². The first-order valence-electron chi connectivity index (χ1n) is 4.73. The fourth-order valence-electron chi connectivity index (χ4n) is 1.35. The van der Waals surface area contributed by atoms with E-state index in [4.69, 9.17) is 0 Å². The first-order chi connectivity index (χ1) is 6.70. The monoisotopic (exact) mass is 190 g/mol. The van der Waals surface area contributed by atoms with Gasteiger partial charge in [-0.25, -0.2) is 9.97 Å². The molecule has 0 aliphatic heterocycles. The smallest absolute Gasteiger partial charge is 0.179 e. The third-order valence-corrected chi connectivity index (χ3v) is 2.17. The number of fused-ring (bicyclic) bond motifs is 1. The molecule has 0 aromatic carbocycles. The Morgan fingerprint density at radius 1 is 1.29 bits per heavy atom. The molecule has 0 fully saturated rings. The van der Waals surface area contributed by atoms with E-state index in [1.807, 2.05) is 31.1 Å². The summed E-state index contributed by atoms with van der Waals surface area (Å²) < 4.78 is 0. The van der Waals surface area contributed by atoms with Crippen LogP contribution in [0.3, 0.4) is 0 Å². The fraction of sp³-hybridized carbons (Fsp3) is 0.400. The summed E-state index contributed by atoms with van der Waals surface area (Å²) in [5.74, 6) is 1.93. The molecule has 0 spiro atoms. The number of rotatable bonds is 2. The van der Waals surface area contributed by atoms with E-state index < -0.39 is 0 Å². The number of aryl methyl sites for hydroxylation is 1. The molecular formula is C10H14N4. The Morgan fingerprint density at radius 3 is 2.71 bits per heavy atom. The Bertz CT molecular complexity index is 444. The molecular weight excluding hydrogens is 176 g/mol. The standard InChI is InChI=1S/C10H14N4/c1-4-8-11-7-5-6-9(14(2)3)13-10(7)12-8/h5-6H,4H2,1-3H3,(H,11,12,13). The average Bonchev–Trinajstić information content (AvgIpc) is 2.58. The molecule has 0 atom stereocenters. The maximum Gasteiger partial charge on any atom is 0.179 e. The number of imidazole rings is 1. The number of pyridine rings is 1. The number of H-pyrrole nitrogens is 1. The molecule has 2 aromatic heterocycles. The SMILES string of the molecule is CCc1nc2nc(N(C)C)ccc2[nH]1. The summed E-state index contributed by atoms with van der Waals surface area (Å²) in [7, 11) is 3.95. The van der Waals surface area contributed by atoms with Gasteiger partial charge in [0.2, 0.25) is 0 Å². The third-order valence-electron chi connectivity index (χ3n) is 2.17. The lowest BCUT2D eigenvalue weighted by atomic mass is 10.4. The van der Waals surface area contributed by atoms with Crippen LogP contribution in [0.15, 0.2) is 12.1 Å². The first-order valence-corrected chi connectivity index (χ1v) is 4.73. The molecule has 14 heavy (non-hydrogen) atoms. The maximum absolute atomic E-state index is 4.43. The second-order valence-corrected chi connectivity index (χ2v) is 3.47. The normalized spacial score (nSPS) is 10.8. The van der Waals surface area contributed by atoms with Crippen LogP contribution in [0.25, 0.3) is 11.2 Å².